The van der Waals surface area contributed by atoms with Crippen LogP contribution in [0.1, 0.15) is 22.1 Å². The van der Waals surface area contributed by atoms with E-state index in [-0.39, 0.29) is 5.97 Å². The predicted octanol–water partition coefficient (Wildman–Crippen LogP) is 2.74. The van der Waals surface area contributed by atoms with Crippen molar-refractivity contribution in [2.24, 2.45) is 0 Å². The first-order chi connectivity index (χ1) is 10.3. The average Bonchev–Trinajstić information content (AvgIpc) is 2.84. The molecule has 2 aromatic rings. The number of hydrogen-bond donors (Lipinski definition) is 1. The molecule has 1 atom stereocenters. The van der Waals surface area contributed by atoms with Gasteiger partial charge in [-0.05, 0) is 18.2 Å². The summed E-state index contributed by atoms with van der Waals surface area (Å²) in [5.41, 5.74) is 2.26. The van der Waals surface area contributed by atoms with Crippen LogP contribution in [0.25, 0.3) is 0 Å². The topological polar surface area (TPSA) is 56.8 Å². The van der Waals surface area contributed by atoms with Crippen molar-refractivity contribution in [3.05, 3.63) is 53.6 Å². The Morgan fingerprint density at radius 3 is 2.71 bits per heavy atom. The van der Waals surface area contributed by atoms with Crippen LogP contribution in [0.3, 0.4) is 0 Å². The maximum absolute atomic E-state index is 11.8. The Morgan fingerprint density at radius 1 is 1.00 bits per heavy atom. The number of fused-ring (bicyclic) bond motifs is 2. The van der Waals surface area contributed by atoms with Crippen LogP contribution in [0.4, 0.5) is 5.69 Å². The normalized spacial score (nSPS) is 18.9. The quantitative estimate of drug-likeness (QED) is 0.859. The van der Waals surface area contributed by atoms with Crippen LogP contribution in [0.15, 0.2) is 42.5 Å². The van der Waals surface area contributed by atoms with Crippen LogP contribution in [0.5, 0.6) is 11.5 Å². The van der Waals surface area contributed by atoms with E-state index in [0.717, 1.165) is 17.0 Å². The van der Waals surface area contributed by atoms with E-state index in [1.165, 1.54) is 0 Å². The molecule has 0 radical (unpaired) electrons. The zero-order valence-corrected chi connectivity index (χ0v) is 11.2. The molecule has 0 aliphatic carbocycles. The number of anilines is 1. The van der Waals surface area contributed by atoms with Gasteiger partial charge in [0.15, 0.2) is 11.5 Å². The first-order valence-corrected chi connectivity index (χ1v) is 6.77. The van der Waals surface area contributed by atoms with Gasteiger partial charge in [0.05, 0.1) is 5.56 Å². The standard InChI is InChI=1S/C16H13NO4/c18-16-12-4-2-1-3-11(12)15(21-16)17-10-5-6-13-14(9-10)20-8-7-19-13/h1-6,9,15,17H,7-8H2. The van der Waals surface area contributed by atoms with Gasteiger partial charge in [-0.2, -0.15) is 0 Å². The molecule has 1 unspecified atom stereocenters. The van der Waals surface area contributed by atoms with Crippen molar-refractivity contribution in [2.45, 2.75) is 6.23 Å². The van der Waals surface area contributed by atoms with E-state index in [9.17, 15) is 4.79 Å². The third-order valence-corrected chi connectivity index (χ3v) is 3.53. The average molecular weight is 283 g/mol. The highest BCUT2D eigenvalue weighted by molar-refractivity contribution is 5.94. The SMILES string of the molecule is O=C1OC(Nc2ccc3c(c2)OCCO3)c2ccccc21. The van der Waals surface area contributed by atoms with Gasteiger partial charge in [-0.3, -0.25) is 0 Å². The smallest absolute Gasteiger partial charge is 0.340 e. The maximum Gasteiger partial charge on any atom is 0.340 e. The van der Waals surface area contributed by atoms with E-state index >= 15 is 0 Å². The van der Waals surface area contributed by atoms with E-state index in [1.807, 2.05) is 36.4 Å². The van der Waals surface area contributed by atoms with Crippen molar-refractivity contribution in [3.8, 4) is 11.5 Å². The van der Waals surface area contributed by atoms with E-state index in [4.69, 9.17) is 14.2 Å². The van der Waals surface area contributed by atoms with Crippen molar-refractivity contribution in [2.75, 3.05) is 18.5 Å². The van der Waals surface area contributed by atoms with E-state index in [0.29, 0.717) is 24.5 Å². The minimum Gasteiger partial charge on any atom is -0.486 e. The van der Waals surface area contributed by atoms with Gasteiger partial charge < -0.3 is 19.5 Å². The number of rotatable bonds is 2. The Bertz CT molecular complexity index is 713. The lowest BCUT2D eigenvalue weighted by molar-refractivity contribution is 0.0437. The lowest BCUT2D eigenvalue weighted by atomic mass is 10.1. The van der Waals surface area contributed by atoms with Crippen LogP contribution >= 0.6 is 0 Å². The number of benzene rings is 2. The lowest BCUT2D eigenvalue weighted by Gasteiger charge is -2.20. The number of hydrogen-bond acceptors (Lipinski definition) is 5. The van der Waals surface area contributed by atoms with Crippen molar-refractivity contribution in [3.63, 3.8) is 0 Å². The molecule has 0 bridgehead atoms. The highest BCUT2D eigenvalue weighted by Gasteiger charge is 2.30. The summed E-state index contributed by atoms with van der Waals surface area (Å²) in [6.45, 7) is 1.10. The molecule has 1 N–H and O–H groups in total. The molecule has 0 saturated carbocycles. The van der Waals surface area contributed by atoms with Gasteiger partial charge >= 0.3 is 5.97 Å². The number of ether oxygens (including phenoxy) is 3. The molecule has 21 heavy (non-hydrogen) atoms. The second-order valence-corrected chi connectivity index (χ2v) is 4.88. The third-order valence-electron chi connectivity index (χ3n) is 3.53. The monoisotopic (exact) mass is 283 g/mol. The van der Waals surface area contributed by atoms with E-state index in [1.54, 1.807) is 6.07 Å². The van der Waals surface area contributed by atoms with Crippen LogP contribution < -0.4 is 14.8 Å². The van der Waals surface area contributed by atoms with E-state index < -0.39 is 6.23 Å². The second kappa shape index (κ2) is 4.70. The summed E-state index contributed by atoms with van der Waals surface area (Å²) in [5.74, 6) is 1.13. The molecule has 0 spiro atoms. The van der Waals surface area contributed by atoms with Crippen molar-refractivity contribution >= 4 is 11.7 Å². The first-order valence-electron chi connectivity index (χ1n) is 6.77. The highest BCUT2D eigenvalue weighted by atomic mass is 16.6. The highest BCUT2D eigenvalue weighted by Crippen LogP contribution is 2.36. The summed E-state index contributed by atoms with van der Waals surface area (Å²) in [6, 6.07) is 12.9. The number of carbonyl (C=O) groups excluding carboxylic acids is 1. The summed E-state index contributed by atoms with van der Waals surface area (Å²) in [7, 11) is 0. The van der Waals surface area contributed by atoms with Gasteiger partial charge in [0.2, 0.25) is 6.23 Å². The second-order valence-electron chi connectivity index (χ2n) is 4.88. The Hall–Kier alpha value is -2.69. The molecule has 2 aromatic carbocycles. The van der Waals surface area contributed by atoms with Crippen LogP contribution in [0, 0.1) is 0 Å². The van der Waals surface area contributed by atoms with Gasteiger partial charge in [-0.1, -0.05) is 18.2 Å². The summed E-state index contributed by atoms with van der Waals surface area (Å²) in [4.78, 5) is 11.8. The van der Waals surface area contributed by atoms with E-state index in [2.05, 4.69) is 5.32 Å². The van der Waals surface area contributed by atoms with Gasteiger partial charge in [0.25, 0.3) is 0 Å². The Morgan fingerprint density at radius 2 is 1.81 bits per heavy atom. The molecule has 0 saturated heterocycles. The van der Waals surface area contributed by atoms with Crippen LogP contribution in [0.2, 0.25) is 0 Å². The zero-order chi connectivity index (χ0) is 14.2. The molecule has 0 amide bonds. The van der Waals surface area contributed by atoms with Crippen molar-refractivity contribution in [1.29, 1.82) is 0 Å². The molecular weight excluding hydrogens is 270 g/mol. The van der Waals surface area contributed by atoms with Crippen LogP contribution in [-0.4, -0.2) is 19.2 Å². The summed E-state index contributed by atoms with van der Waals surface area (Å²) in [6.07, 6.45) is -0.476. The fourth-order valence-electron chi connectivity index (χ4n) is 2.54. The first kappa shape index (κ1) is 12.1. The number of carbonyl (C=O) groups is 1. The molecule has 5 nitrogen and oxygen atoms in total. The Labute approximate surface area is 121 Å². The number of nitrogens with one attached hydrogen (secondary N) is 1. The van der Waals surface area contributed by atoms with Gasteiger partial charge in [-0.25, -0.2) is 4.79 Å². The maximum atomic E-state index is 11.8. The van der Waals surface area contributed by atoms with Gasteiger partial charge in [0.1, 0.15) is 13.2 Å². The summed E-state index contributed by atoms with van der Waals surface area (Å²) in [5, 5.41) is 3.20. The lowest BCUT2D eigenvalue weighted by Crippen LogP contribution is -2.16. The Balaban J connectivity index is 1.61. The minimum atomic E-state index is -0.476. The molecule has 0 fully saturated rings. The number of esters is 1. The molecule has 5 heteroatoms. The fourth-order valence-corrected chi connectivity index (χ4v) is 2.54. The molecule has 2 aliphatic rings. The fraction of sp³-hybridized carbons (Fsp3) is 0.188. The summed E-state index contributed by atoms with van der Waals surface area (Å²) >= 11 is 0. The number of cyclic esters (lactones) is 1. The Kier molecular flexibility index (Phi) is 2.70. The van der Waals surface area contributed by atoms with Crippen molar-refractivity contribution < 1.29 is 19.0 Å². The third kappa shape index (κ3) is 2.07. The van der Waals surface area contributed by atoms with Crippen molar-refractivity contribution in [1.82, 2.24) is 0 Å². The largest absolute Gasteiger partial charge is 0.486 e. The van der Waals surface area contributed by atoms with Crippen LogP contribution in [-0.2, 0) is 4.74 Å². The molecular formula is C16H13NO4. The zero-order valence-electron chi connectivity index (χ0n) is 11.2. The van der Waals surface area contributed by atoms with Gasteiger partial charge in [0, 0.05) is 17.3 Å². The summed E-state index contributed by atoms with van der Waals surface area (Å²) < 4.78 is 16.4. The minimum absolute atomic E-state index is 0.305. The molecule has 0 aromatic heterocycles. The molecule has 2 aliphatic heterocycles. The molecule has 4 rings (SSSR count). The van der Waals surface area contributed by atoms with Gasteiger partial charge in [-0.15, -0.1) is 0 Å². The predicted molar refractivity (Wildman–Crippen MR) is 75.7 cm³/mol. The molecule has 2 heterocycles. The molecule has 106 valence electrons.